The van der Waals surface area contributed by atoms with Gasteiger partial charge in [0.25, 0.3) is 0 Å². The molecule has 1 N–H and O–H groups in total. The number of hydrogen-bond donors (Lipinski definition) is 1. The molecule has 4 rings (SSSR count). The second-order valence-corrected chi connectivity index (χ2v) is 5.75. The first-order valence-electron chi connectivity index (χ1n) is 7.50. The summed E-state index contributed by atoms with van der Waals surface area (Å²) in [6, 6.07) is 8.06. The Labute approximate surface area is 134 Å². The van der Waals surface area contributed by atoms with Crippen molar-refractivity contribution in [2.45, 2.75) is 13.8 Å². The van der Waals surface area contributed by atoms with E-state index in [4.69, 9.17) is 16.1 Å². The molecule has 0 saturated carbocycles. The van der Waals surface area contributed by atoms with Crippen LogP contribution in [0.4, 0.5) is 0 Å². The standard InChI is InChI=1S/C20H16N2O/c1-5-16-18-12(3)19-15-10-13(23-4)6-7-17(15)22-20(19)11(2)14(18)8-9-21-16/h1,6-10,21H,2-4H3. The number of pyridine rings is 1. The smallest absolute Gasteiger partial charge is 0.119 e. The monoisotopic (exact) mass is 300 g/mol. The molecule has 0 aliphatic carbocycles. The van der Waals surface area contributed by atoms with Crippen molar-refractivity contribution in [3.8, 4) is 18.1 Å². The van der Waals surface area contributed by atoms with Gasteiger partial charge in [-0.25, -0.2) is 4.98 Å². The number of aryl methyl sites for hydroxylation is 2. The van der Waals surface area contributed by atoms with Gasteiger partial charge in [-0.3, -0.25) is 0 Å². The number of benzene rings is 2. The number of nitrogens with one attached hydrogen (secondary N) is 1. The van der Waals surface area contributed by atoms with Crippen LogP contribution in [0.3, 0.4) is 0 Å². The van der Waals surface area contributed by atoms with Crippen LogP contribution >= 0.6 is 0 Å². The summed E-state index contributed by atoms with van der Waals surface area (Å²) < 4.78 is 5.38. The molecule has 0 saturated heterocycles. The number of hydrogen-bond acceptors (Lipinski definition) is 2. The molecule has 0 unspecified atom stereocenters. The van der Waals surface area contributed by atoms with Crippen molar-refractivity contribution in [1.29, 1.82) is 0 Å². The van der Waals surface area contributed by atoms with E-state index >= 15 is 0 Å². The fraction of sp³-hybridized carbons (Fsp3) is 0.150. The van der Waals surface area contributed by atoms with Gasteiger partial charge in [0, 0.05) is 22.4 Å². The molecule has 0 atom stereocenters. The van der Waals surface area contributed by atoms with E-state index in [2.05, 4.69) is 30.8 Å². The third-order valence-corrected chi connectivity index (χ3v) is 4.59. The van der Waals surface area contributed by atoms with Crippen LogP contribution in [0.2, 0.25) is 0 Å². The average molecular weight is 300 g/mol. The number of fused-ring (bicyclic) bond motifs is 4. The summed E-state index contributed by atoms with van der Waals surface area (Å²) in [5.41, 5.74) is 5.13. The Morgan fingerprint density at radius 2 is 1.91 bits per heavy atom. The SMILES string of the molecule is C#Cc1[nH]ccc2c(C)c3nc4ccc(OC)cc4c3c(C)c12. The fourth-order valence-electron chi connectivity index (χ4n) is 3.46. The molecule has 2 aromatic carbocycles. The van der Waals surface area contributed by atoms with Gasteiger partial charge in [0.2, 0.25) is 0 Å². The molecule has 23 heavy (non-hydrogen) atoms. The Hall–Kier alpha value is -2.99. The number of terminal acetylenes is 1. The van der Waals surface area contributed by atoms with Gasteiger partial charge in [-0.2, -0.15) is 0 Å². The summed E-state index contributed by atoms with van der Waals surface area (Å²) in [6.45, 7) is 4.22. The van der Waals surface area contributed by atoms with Gasteiger partial charge in [0.1, 0.15) is 5.75 Å². The van der Waals surface area contributed by atoms with E-state index in [1.807, 2.05) is 24.4 Å². The average Bonchev–Trinajstić information content (AvgIpc) is 2.97. The minimum Gasteiger partial charge on any atom is -0.497 e. The summed E-state index contributed by atoms with van der Waals surface area (Å²) >= 11 is 0. The van der Waals surface area contributed by atoms with Crippen LogP contribution in [-0.4, -0.2) is 17.1 Å². The molecular formula is C20H16N2O. The van der Waals surface area contributed by atoms with E-state index in [9.17, 15) is 0 Å². The Morgan fingerprint density at radius 3 is 2.65 bits per heavy atom. The lowest BCUT2D eigenvalue weighted by molar-refractivity contribution is 0.415. The highest BCUT2D eigenvalue weighted by molar-refractivity contribution is 6.17. The van der Waals surface area contributed by atoms with Crippen molar-refractivity contribution in [2.75, 3.05) is 7.11 Å². The van der Waals surface area contributed by atoms with Gasteiger partial charge in [-0.05, 0) is 54.6 Å². The quantitative estimate of drug-likeness (QED) is 0.526. The molecule has 2 aromatic heterocycles. The molecule has 0 amide bonds. The number of methoxy groups -OCH3 is 1. The van der Waals surface area contributed by atoms with Gasteiger partial charge in [-0.1, -0.05) is 5.92 Å². The number of ether oxygens (including phenoxy) is 1. The third kappa shape index (κ3) is 1.75. The first-order chi connectivity index (χ1) is 11.2. The zero-order valence-electron chi connectivity index (χ0n) is 13.3. The second-order valence-electron chi connectivity index (χ2n) is 5.75. The molecule has 0 radical (unpaired) electrons. The van der Waals surface area contributed by atoms with Gasteiger partial charge < -0.3 is 9.72 Å². The Kier molecular flexibility index (Phi) is 2.82. The van der Waals surface area contributed by atoms with E-state index in [0.29, 0.717) is 0 Å². The molecule has 3 nitrogen and oxygen atoms in total. The molecule has 0 spiro atoms. The van der Waals surface area contributed by atoms with Gasteiger partial charge in [-0.15, -0.1) is 6.42 Å². The molecule has 0 aliphatic rings. The van der Waals surface area contributed by atoms with Crippen LogP contribution in [0.25, 0.3) is 32.6 Å². The van der Waals surface area contributed by atoms with Crippen LogP contribution in [-0.2, 0) is 0 Å². The highest BCUT2D eigenvalue weighted by atomic mass is 16.5. The van der Waals surface area contributed by atoms with Crippen molar-refractivity contribution in [3.05, 3.63) is 47.3 Å². The lowest BCUT2D eigenvalue weighted by Gasteiger charge is -2.10. The second kappa shape index (κ2) is 4.76. The van der Waals surface area contributed by atoms with Crippen molar-refractivity contribution in [2.24, 2.45) is 0 Å². The van der Waals surface area contributed by atoms with Crippen LogP contribution < -0.4 is 4.74 Å². The predicted molar refractivity (Wildman–Crippen MR) is 95.1 cm³/mol. The number of nitrogens with zero attached hydrogens (tertiary/aromatic N) is 1. The van der Waals surface area contributed by atoms with E-state index in [-0.39, 0.29) is 0 Å². The maximum absolute atomic E-state index is 5.70. The van der Waals surface area contributed by atoms with Crippen molar-refractivity contribution >= 4 is 32.6 Å². The minimum atomic E-state index is 0.808. The van der Waals surface area contributed by atoms with E-state index in [1.54, 1.807) is 7.11 Å². The van der Waals surface area contributed by atoms with Gasteiger partial charge >= 0.3 is 0 Å². The maximum atomic E-state index is 5.70. The molecule has 0 bridgehead atoms. The van der Waals surface area contributed by atoms with Crippen molar-refractivity contribution < 1.29 is 4.74 Å². The third-order valence-electron chi connectivity index (χ3n) is 4.59. The summed E-state index contributed by atoms with van der Waals surface area (Å²) in [5.74, 6) is 3.60. The van der Waals surface area contributed by atoms with E-state index < -0.39 is 0 Å². The number of rotatable bonds is 1. The maximum Gasteiger partial charge on any atom is 0.119 e. The molecule has 0 aliphatic heterocycles. The normalized spacial score (nSPS) is 11.2. The highest BCUT2D eigenvalue weighted by Gasteiger charge is 2.17. The number of aromatic amines is 1. The van der Waals surface area contributed by atoms with Gasteiger partial charge in [0.15, 0.2) is 0 Å². The van der Waals surface area contributed by atoms with Crippen molar-refractivity contribution in [3.63, 3.8) is 0 Å². The Morgan fingerprint density at radius 1 is 1.09 bits per heavy atom. The first-order valence-corrected chi connectivity index (χ1v) is 7.50. The zero-order chi connectivity index (χ0) is 16.1. The van der Waals surface area contributed by atoms with Crippen LogP contribution in [0, 0.1) is 26.2 Å². The van der Waals surface area contributed by atoms with Crippen LogP contribution in [0.1, 0.15) is 16.8 Å². The van der Waals surface area contributed by atoms with Crippen molar-refractivity contribution in [1.82, 2.24) is 9.97 Å². The minimum absolute atomic E-state index is 0.808. The van der Waals surface area contributed by atoms with E-state index in [0.717, 1.165) is 55.1 Å². The first kappa shape index (κ1) is 13.7. The topological polar surface area (TPSA) is 37.9 Å². The molecule has 3 heteroatoms. The summed E-state index contributed by atoms with van der Waals surface area (Å²) in [7, 11) is 1.68. The molecule has 2 heterocycles. The molecule has 112 valence electrons. The Bertz CT molecular complexity index is 1130. The lowest BCUT2D eigenvalue weighted by atomic mass is 9.95. The zero-order valence-corrected chi connectivity index (χ0v) is 13.3. The summed E-state index contributed by atoms with van der Waals surface area (Å²) in [5, 5.41) is 4.50. The van der Waals surface area contributed by atoms with Gasteiger partial charge in [0.05, 0.1) is 23.8 Å². The number of aromatic nitrogens is 2. The van der Waals surface area contributed by atoms with Crippen LogP contribution in [0.15, 0.2) is 30.5 Å². The fourth-order valence-corrected chi connectivity index (χ4v) is 3.46. The van der Waals surface area contributed by atoms with E-state index in [1.165, 1.54) is 0 Å². The predicted octanol–water partition coefficient (Wildman–Crippen LogP) is 4.48. The highest BCUT2D eigenvalue weighted by Crippen LogP contribution is 2.38. The largest absolute Gasteiger partial charge is 0.497 e. The number of H-pyrrole nitrogens is 1. The summed E-state index contributed by atoms with van der Waals surface area (Å²) in [6.07, 6.45) is 7.59. The molecule has 0 fully saturated rings. The Balaban J connectivity index is 2.31. The molecule has 4 aromatic rings. The van der Waals surface area contributed by atoms with Crippen LogP contribution in [0.5, 0.6) is 5.75 Å². The lowest BCUT2D eigenvalue weighted by Crippen LogP contribution is -1.92. The molecular weight excluding hydrogens is 284 g/mol. The summed E-state index contributed by atoms with van der Waals surface area (Å²) in [4.78, 5) is 8.01.